The van der Waals surface area contributed by atoms with Gasteiger partial charge in [-0.25, -0.2) is 8.42 Å². The van der Waals surface area contributed by atoms with Crippen LogP contribution in [0, 0.1) is 0 Å². The largest absolute Gasteiger partial charge is 0.351 e. The molecule has 0 spiro atoms. The van der Waals surface area contributed by atoms with Gasteiger partial charge in [-0.15, -0.1) is 11.3 Å². The molecule has 2 aromatic heterocycles. The standard InChI is InChI=1S/C15H19N3O3S2/c1-2-6-16-15(19)12-9-13(14-4-3-7-22-14)18(17-12)11-5-8-23(20,21)10-11/h3-4,7,9,11H,2,5-6,8,10H2,1H3,(H,16,19). The molecule has 124 valence electrons. The molecule has 0 saturated carbocycles. The number of thiophene rings is 1. The zero-order valence-corrected chi connectivity index (χ0v) is 14.5. The number of aromatic nitrogens is 2. The van der Waals surface area contributed by atoms with Crippen LogP contribution in [0.1, 0.15) is 36.3 Å². The van der Waals surface area contributed by atoms with Crippen LogP contribution in [-0.2, 0) is 9.84 Å². The lowest BCUT2D eigenvalue weighted by Crippen LogP contribution is -2.25. The summed E-state index contributed by atoms with van der Waals surface area (Å²) in [5.41, 5.74) is 1.15. The minimum Gasteiger partial charge on any atom is -0.351 e. The van der Waals surface area contributed by atoms with Gasteiger partial charge in [-0.05, 0) is 30.4 Å². The highest BCUT2D eigenvalue weighted by Crippen LogP contribution is 2.32. The van der Waals surface area contributed by atoms with E-state index in [1.165, 1.54) is 0 Å². The maximum Gasteiger partial charge on any atom is 0.271 e. The second-order valence-corrected chi connectivity index (χ2v) is 8.83. The van der Waals surface area contributed by atoms with Gasteiger partial charge in [0, 0.05) is 6.54 Å². The number of carbonyl (C=O) groups is 1. The van der Waals surface area contributed by atoms with Crippen molar-refractivity contribution >= 4 is 27.1 Å². The van der Waals surface area contributed by atoms with Gasteiger partial charge < -0.3 is 5.32 Å². The first-order chi connectivity index (χ1) is 11.0. The minimum atomic E-state index is -3.01. The van der Waals surface area contributed by atoms with E-state index in [0.29, 0.717) is 18.7 Å². The van der Waals surface area contributed by atoms with Crippen molar-refractivity contribution < 1.29 is 13.2 Å². The molecule has 1 aliphatic rings. The van der Waals surface area contributed by atoms with Gasteiger partial charge in [0.25, 0.3) is 5.91 Å². The van der Waals surface area contributed by atoms with Gasteiger partial charge in [0.05, 0.1) is 28.1 Å². The van der Waals surface area contributed by atoms with Crippen molar-refractivity contribution in [1.82, 2.24) is 15.1 Å². The molecule has 1 amide bonds. The summed E-state index contributed by atoms with van der Waals surface area (Å²) in [5.74, 6) is 0.0474. The summed E-state index contributed by atoms with van der Waals surface area (Å²) in [5, 5.41) is 9.18. The Bertz CT molecular complexity index is 794. The first kappa shape index (κ1) is 16.2. The molecule has 3 rings (SSSR count). The summed E-state index contributed by atoms with van der Waals surface area (Å²) in [6.07, 6.45) is 1.39. The molecule has 0 bridgehead atoms. The van der Waals surface area contributed by atoms with Crippen LogP contribution in [0.25, 0.3) is 10.6 Å². The predicted molar refractivity (Wildman–Crippen MR) is 90.5 cm³/mol. The van der Waals surface area contributed by atoms with Crippen molar-refractivity contribution in [2.45, 2.75) is 25.8 Å². The zero-order valence-electron chi connectivity index (χ0n) is 12.9. The van der Waals surface area contributed by atoms with Gasteiger partial charge in [-0.2, -0.15) is 5.10 Å². The summed E-state index contributed by atoms with van der Waals surface area (Å²) >= 11 is 1.55. The van der Waals surface area contributed by atoms with Crippen molar-refractivity contribution in [3.05, 3.63) is 29.3 Å². The molecule has 1 saturated heterocycles. The average molecular weight is 353 g/mol. The maximum atomic E-state index is 12.2. The summed E-state index contributed by atoms with van der Waals surface area (Å²) in [7, 11) is -3.01. The minimum absolute atomic E-state index is 0.0864. The number of nitrogens with one attached hydrogen (secondary N) is 1. The molecular weight excluding hydrogens is 334 g/mol. The van der Waals surface area contributed by atoms with Gasteiger partial charge in [-0.3, -0.25) is 9.48 Å². The molecule has 1 atom stereocenters. The fraction of sp³-hybridized carbons (Fsp3) is 0.467. The van der Waals surface area contributed by atoms with Crippen LogP contribution in [0.3, 0.4) is 0 Å². The third-order valence-corrected chi connectivity index (χ3v) is 6.47. The predicted octanol–water partition coefficient (Wildman–Crippen LogP) is 2.11. The van der Waals surface area contributed by atoms with Crippen LogP contribution in [-0.4, -0.2) is 42.2 Å². The summed E-state index contributed by atoms with van der Waals surface area (Å²) in [6.45, 7) is 2.58. The van der Waals surface area contributed by atoms with Gasteiger partial charge in [0.15, 0.2) is 15.5 Å². The van der Waals surface area contributed by atoms with E-state index in [-0.39, 0.29) is 23.5 Å². The molecule has 0 aliphatic carbocycles. The molecule has 3 heterocycles. The molecule has 0 aromatic carbocycles. The van der Waals surface area contributed by atoms with E-state index in [4.69, 9.17) is 0 Å². The summed E-state index contributed by atoms with van der Waals surface area (Å²) in [4.78, 5) is 13.2. The smallest absolute Gasteiger partial charge is 0.271 e. The average Bonchev–Trinajstić information content (AvgIpc) is 3.22. The van der Waals surface area contributed by atoms with Gasteiger partial charge in [-0.1, -0.05) is 13.0 Å². The van der Waals surface area contributed by atoms with E-state index in [1.807, 2.05) is 24.4 Å². The monoisotopic (exact) mass is 353 g/mol. The van der Waals surface area contributed by atoms with Crippen molar-refractivity contribution in [3.8, 4) is 10.6 Å². The van der Waals surface area contributed by atoms with Gasteiger partial charge in [0.2, 0.25) is 0 Å². The Morgan fingerprint density at radius 2 is 2.35 bits per heavy atom. The third-order valence-electron chi connectivity index (χ3n) is 3.83. The lowest BCUT2D eigenvalue weighted by molar-refractivity contribution is 0.0947. The van der Waals surface area contributed by atoms with Gasteiger partial charge >= 0.3 is 0 Å². The molecule has 8 heteroatoms. The number of hydrogen-bond acceptors (Lipinski definition) is 5. The van der Waals surface area contributed by atoms with E-state index in [9.17, 15) is 13.2 Å². The Morgan fingerprint density at radius 1 is 1.52 bits per heavy atom. The topological polar surface area (TPSA) is 81.1 Å². The Hall–Kier alpha value is -1.67. The summed E-state index contributed by atoms with van der Waals surface area (Å²) in [6, 6.07) is 5.43. The zero-order chi connectivity index (χ0) is 16.4. The second kappa shape index (κ2) is 6.45. The van der Waals surface area contributed by atoms with E-state index >= 15 is 0 Å². The molecule has 1 N–H and O–H groups in total. The number of rotatable bonds is 5. The molecule has 23 heavy (non-hydrogen) atoms. The van der Waals surface area contributed by atoms with Crippen LogP contribution >= 0.6 is 11.3 Å². The molecule has 0 radical (unpaired) electrons. The van der Waals surface area contributed by atoms with E-state index in [1.54, 1.807) is 22.1 Å². The number of hydrogen-bond donors (Lipinski definition) is 1. The van der Waals surface area contributed by atoms with E-state index < -0.39 is 9.84 Å². The number of amides is 1. The van der Waals surface area contributed by atoms with Crippen molar-refractivity contribution in [1.29, 1.82) is 0 Å². The normalized spacial score (nSPS) is 19.8. The molecule has 2 aromatic rings. The van der Waals surface area contributed by atoms with Crippen LogP contribution in [0.15, 0.2) is 23.6 Å². The number of sulfone groups is 1. The fourth-order valence-corrected chi connectivity index (χ4v) is 5.12. The molecule has 1 aliphatic heterocycles. The first-order valence-corrected chi connectivity index (χ1v) is 10.3. The first-order valence-electron chi connectivity index (χ1n) is 7.62. The molecule has 1 fully saturated rings. The second-order valence-electron chi connectivity index (χ2n) is 5.65. The van der Waals surface area contributed by atoms with Crippen molar-refractivity contribution in [2.24, 2.45) is 0 Å². The van der Waals surface area contributed by atoms with Crippen LogP contribution in [0.2, 0.25) is 0 Å². The van der Waals surface area contributed by atoms with Crippen LogP contribution < -0.4 is 5.32 Å². The lowest BCUT2D eigenvalue weighted by Gasteiger charge is -2.12. The summed E-state index contributed by atoms with van der Waals surface area (Å²) < 4.78 is 25.3. The van der Waals surface area contributed by atoms with Crippen LogP contribution in [0.5, 0.6) is 0 Å². The molecule has 1 unspecified atom stereocenters. The Labute approximate surface area is 139 Å². The van der Waals surface area contributed by atoms with Crippen molar-refractivity contribution in [2.75, 3.05) is 18.1 Å². The van der Waals surface area contributed by atoms with Crippen molar-refractivity contribution in [3.63, 3.8) is 0 Å². The van der Waals surface area contributed by atoms with Gasteiger partial charge in [0.1, 0.15) is 0 Å². The highest BCUT2D eigenvalue weighted by atomic mass is 32.2. The van der Waals surface area contributed by atoms with Crippen LogP contribution in [0.4, 0.5) is 0 Å². The highest BCUT2D eigenvalue weighted by Gasteiger charge is 2.32. The SMILES string of the molecule is CCCNC(=O)c1cc(-c2cccs2)n(C2CCS(=O)(=O)C2)n1. The molecule has 6 nitrogen and oxygen atoms in total. The van der Waals surface area contributed by atoms with E-state index in [2.05, 4.69) is 10.4 Å². The lowest BCUT2D eigenvalue weighted by atomic mass is 10.2. The Kier molecular flexibility index (Phi) is 4.54. The number of nitrogens with zero attached hydrogens (tertiary/aromatic N) is 2. The highest BCUT2D eigenvalue weighted by molar-refractivity contribution is 7.91. The number of carbonyl (C=O) groups excluding carboxylic acids is 1. The fourth-order valence-electron chi connectivity index (χ4n) is 2.69. The van der Waals surface area contributed by atoms with E-state index in [0.717, 1.165) is 17.0 Å². The molecular formula is C15H19N3O3S2. The third kappa shape index (κ3) is 3.48. The Balaban J connectivity index is 1.96. The Morgan fingerprint density at radius 3 is 2.96 bits per heavy atom. The maximum absolute atomic E-state index is 12.2. The quantitative estimate of drug-likeness (QED) is 0.893.